The molecule has 1 fully saturated rings. The Kier molecular flexibility index (Phi) is 4.87. The summed E-state index contributed by atoms with van der Waals surface area (Å²) in [4.78, 5) is 2.24. The van der Waals surface area contributed by atoms with Gasteiger partial charge in [-0.05, 0) is 30.9 Å². The van der Waals surface area contributed by atoms with Crippen molar-refractivity contribution in [3.63, 3.8) is 0 Å². The quantitative estimate of drug-likeness (QED) is 0.912. The predicted octanol–water partition coefficient (Wildman–Crippen LogP) is 2.66. The van der Waals surface area contributed by atoms with Crippen LogP contribution in [0.4, 0.5) is 5.69 Å². The van der Waals surface area contributed by atoms with Crippen LogP contribution in [0.3, 0.4) is 0 Å². The molecule has 1 heterocycles. The summed E-state index contributed by atoms with van der Waals surface area (Å²) in [5.74, 6) is 0.605. The van der Waals surface area contributed by atoms with Gasteiger partial charge in [-0.2, -0.15) is 0 Å². The van der Waals surface area contributed by atoms with Gasteiger partial charge < -0.3 is 15.4 Å². The van der Waals surface area contributed by atoms with Crippen LogP contribution in [-0.2, 0) is 11.3 Å². The molecule has 1 aliphatic rings. The molecule has 3 nitrogen and oxygen atoms in total. The molecule has 1 aliphatic heterocycles. The van der Waals surface area contributed by atoms with Crippen molar-refractivity contribution >= 4 is 17.3 Å². The third-order valence-electron chi connectivity index (χ3n) is 3.50. The van der Waals surface area contributed by atoms with Crippen molar-refractivity contribution in [2.24, 2.45) is 11.7 Å². The maximum atomic E-state index is 6.18. The molecule has 0 radical (unpaired) electrons. The average Bonchev–Trinajstić information content (AvgIpc) is 2.39. The molecular weight excluding hydrogens is 248 g/mol. The Morgan fingerprint density at radius 2 is 2.33 bits per heavy atom. The van der Waals surface area contributed by atoms with Crippen molar-refractivity contribution in [2.75, 3.05) is 31.7 Å². The normalized spacial score (nSPS) is 19.8. The first-order chi connectivity index (χ1) is 8.72. The number of anilines is 1. The Labute approximate surface area is 114 Å². The number of nitrogens with zero attached hydrogens (tertiary/aromatic N) is 1. The van der Waals surface area contributed by atoms with E-state index in [4.69, 9.17) is 22.1 Å². The number of hydrogen-bond donors (Lipinski definition) is 1. The molecule has 0 bridgehead atoms. The minimum absolute atomic E-state index is 0.473. The lowest BCUT2D eigenvalue weighted by molar-refractivity contribution is 0.0576. The van der Waals surface area contributed by atoms with E-state index in [9.17, 15) is 0 Å². The molecule has 1 saturated heterocycles. The molecule has 1 aromatic rings. The number of halogens is 1. The number of nitrogens with two attached hydrogens (primary N) is 1. The van der Waals surface area contributed by atoms with Crippen LogP contribution in [0.2, 0.25) is 5.02 Å². The number of benzene rings is 1. The lowest BCUT2D eigenvalue weighted by Gasteiger charge is -2.29. The van der Waals surface area contributed by atoms with E-state index in [0.717, 1.165) is 42.5 Å². The van der Waals surface area contributed by atoms with E-state index < -0.39 is 0 Å². The van der Waals surface area contributed by atoms with Crippen LogP contribution in [0.1, 0.15) is 18.4 Å². The zero-order valence-electron chi connectivity index (χ0n) is 10.9. The zero-order chi connectivity index (χ0) is 13.0. The van der Waals surface area contributed by atoms with E-state index in [0.29, 0.717) is 12.5 Å². The Bertz CT molecular complexity index is 391. The smallest absolute Gasteiger partial charge is 0.0511 e. The highest BCUT2D eigenvalue weighted by Gasteiger charge is 2.17. The summed E-state index contributed by atoms with van der Waals surface area (Å²) >= 11 is 6.18. The van der Waals surface area contributed by atoms with E-state index in [1.807, 2.05) is 12.1 Å². The van der Waals surface area contributed by atoms with E-state index in [1.54, 1.807) is 0 Å². The van der Waals surface area contributed by atoms with Gasteiger partial charge in [0.15, 0.2) is 0 Å². The first-order valence-corrected chi connectivity index (χ1v) is 6.86. The first-order valence-electron chi connectivity index (χ1n) is 6.48. The highest BCUT2D eigenvalue weighted by molar-refractivity contribution is 6.31. The number of ether oxygens (including phenoxy) is 1. The maximum Gasteiger partial charge on any atom is 0.0511 e. The van der Waals surface area contributed by atoms with Crippen molar-refractivity contribution in [1.29, 1.82) is 0 Å². The molecule has 0 saturated carbocycles. The molecule has 2 rings (SSSR count). The average molecular weight is 269 g/mol. The monoisotopic (exact) mass is 268 g/mol. The summed E-state index contributed by atoms with van der Waals surface area (Å²) in [5, 5.41) is 0.752. The van der Waals surface area contributed by atoms with Crippen LogP contribution in [0.25, 0.3) is 0 Å². The fraction of sp³-hybridized carbons (Fsp3) is 0.571. The molecule has 1 atom stereocenters. The number of hydrogen-bond acceptors (Lipinski definition) is 3. The molecule has 2 N–H and O–H groups in total. The molecule has 4 heteroatoms. The molecule has 1 unspecified atom stereocenters. The topological polar surface area (TPSA) is 38.5 Å². The van der Waals surface area contributed by atoms with Crippen molar-refractivity contribution in [3.8, 4) is 0 Å². The van der Waals surface area contributed by atoms with Gasteiger partial charge >= 0.3 is 0 Å². The van der Waals surface area contributed by atoms with Gasteiger partial charge in [0.2, 0.25) is 0 Å². The fourth-order valence-corrected chi connectivity index (χ4v) is 2.79. The third-order valence-corrected chi connectivity index (χ3v) is 3.85. The van der Waals surface area contributed by atoms with Crippen molar-refractivity contribution in [2.45, 2.75) is 19.4 Å². The summed E-state index contributed by atoms with van der Waals surface area (Å²) in [6, 6.07) is 5.95. The van der Waals surface area contributed by atoms with Crippen LogP contribution in [0.15, 0.2) is 18.2 Å². The second kappa shape index (κ2) is 6.41. The minimum Gasteiger partial charge on any atom is -0.381 e. The molecular formula is C14H21ClN2O. The van der Waals surface area contributed by atoms with Crippen molar-refractivity contribution in [1.82, 2.24) is 0 Å². The van der Waals surface area contributed by atoms with Crippen LogP contribution in [0, 0.1) is 5.92 Å². The van der Waals surface area contributed by atoms with Crippen LogP contribution in [0.5, 0.6) is 0 Å². The van der Waals surface area contributed by atoms with Gasteiger partial charge in [0.25, 0.3) is 0 Å². The first kappa shape index (κ1) is 13.7. The van der Waals surface area contributed by atoms with Gasteiger partial charge in [-0.1, -0.05) is 17.7 Å². The Morgan fingerprint density at radius 1 is 1.50 bits per heavy atom. The van der Waals surface area contributed by atoms with Crippen LogP contribution < -0.4 is 10.6 Å². The SMILES string of the molecule is CN(CC1CCCOC1)c1cccc(Cl)c1CN. The Balaban J connectivity index is 2.07. The second-order valence-corrected chi connectivity index (χ2v) is 5.31. The molecule has 18 heavy (non-hydrogen) atoms. The highest BCUT2D eigenvalue weighted by atomic mass is 35.5. The molecule has 0 amide bonds. The maximum absolute atomic E-state index is 6.18. The van der Waals surface area contributed by atoms with E-state index in [-0.39, 0.29) is 0 Å². The third kappa shape index (κ3) is 3.16. The summed E-state index contributed by atoms with van der Waals surface area (Å²) in [6.07, 6.45) is 2.40. The molecule has 1 aromatic carbocycles. The van der Waals surface area contributed by atoms with Crippen molar-refractivity contribution < 1.29 is 4.74 Å². The summed E-state index contributed by atoms with van der Waals surface area (Å²) in [6.45, 7) is 3.24. The lowest BCUT2D eigenvalue weighted by atomic mass is 10.0. The Morgan fingerprint density at radius 3 is 3.00 bits per heavy atom. The molecule has 0 aliphatic carbocycles. The summed E-state index contributed by atoms with van der Waals surface area (Å²) in [7, 11) is 2.10. The van der Waals surface area contributed by atoms with Crippen LogP contribution >= 0.6 is 11.6 Å². The van der Waals surface area contributed by atoms with Gasteiger partial charge in [-0.15, -0.1) is 0 Å². The summed E-state index contributed by atoms with van der Waals surface area (Å²) in [5.41, 5.74) is 7.95. The number of rotatable bonds is 4. The van der Waals surface area contributed by atoms with Crippen molar-refractivity contribution in [3.05, 3.63) is 28.8 Å². The van der Waals surface area contributed by atoms with Gasteiger partial charge in [-0.25, -0.2) is 0 Å². The zero-order valence-corrected chi connectivity index (χ0v) is 11.6. The van der Waals surface area contributed by atoms with E-state index in [1.165, 1.54) is 6.42 Å². The lowest BCUT2D eigenvalue weighted by Crippen LogP contribution is -2.31. The van der Waals surface area contributed by atoms with Gasteiger partial charge in [0.1, 0.15) is 0 Å². The highest BCUT2D eigenvalue weighted by Crippen LogP contribution is 2.27. The summed E-state index contributed by atoms with van der Waals surface area (Å²) < 4.78 is 5.52. The standard InChI is InChI=1S/C14H21ClN2O/c1-17(9-11-4-3-7-18-10-11)14-6-2-5-13(15)12(14)8-16/h2,5-6,11H,3-4,7-10,16H2,1H3. The fourth-order valence-electron chi connectivity index (χ4n) is 2.54. The van der Waals surface area contributed by atoms with E-state index in [2.05, 4.69) is 18.0 Å². The van der Waals surface area contributed by atoms with Gasteiger partial charge in [0.05, 0.1) is 6.61 Å². The van der Waals surface area contributed by atoms with Gasteiger partial charge in [0, 0.05) is 43.0 Å². The van der Waals surface area contributed by atoms with E-state index >= 15 is 0 Å². The van der Waals surface area contributed by atoms with Crippen LogP contribution in [-0.4, -0.2) is 26.8 Å². The van der Waals surface area contributed by atoms with Gasteiger partial charge in [-0.3, -0.25) is 0 Å². The molecule has 0 spiro atoms. The predicted molar refractivity (Wildman–Crippen MR) is 76.2 cm³/mol. The second-order valence-electron chi connectivity index (χ2n) is 4.91. The molecule has 0 aromatic heterocycles. The largest absolute Gasteiger partial charge is 0.381 e. The molecule has 100 valence electrons. The minimum atomic E-state index is 0.473. The Hall–Kier alpha value is -0.770.